The molecule has 0 unspecified atom stereocenters. The number of piperazine rings is 1. The topological polar surface area (TPSA) is 97.7 Å². The minimum absolute atomic E-state index is 0.0176. The van der Waals surface area contributed by atoms with Gasteiger partial charge < -0.3 is 25.2 Å². The molecule has 0 spiro atoms. The zero-order chi connectivity index (χ0) is 28.8. The first-order chi connectivity index (χ1) is 18.3. The van der Waals surface area contributed by atoms with Crippen molar-refractivity contribution < 1.29 is 27.5 Å². The number of hydrogen-bond donors (Lipinski definition) is 2. The first-order valence-corrected chi connectivity index (χ1v) is 13.2. The molecule has 1 aliphatic rings. The molecule has 3 rings (SSSR count). The average molecular weight is 610 g/mol. The third kappa shape index (κ3) is 8.78. The summed E-state index contributed by atoms with van der Waals surface area (Å²) in [6.45, 7) is 7.66. The molecule has 2 amide bonds. The Kier molecular flexibility index (Phi) is 9.72. The van der Waals surface area contributed by atoms with Gasteiger partial charge in [-0.3, -0.25) is 4.79 Å². The van der Waals surface area contributed by atoms with E-state index in [1.807, 2.05) is 29.2 Å². The molecule has 0 saturated carbocycles. The number of halogens is 4. The number of alkyl halides is 3. The highest BCUT2D eigenvalue weighted by Crippen LogP contribution is 2.34. The summed E-state index contributed by atoms with van der Waals surface area (Å²) < 4.78 is 45.2. The monoisotopic (exact) mass is 609 g/mol. The highest BCUT2D eigenvalue weighted by atomic mass is 79.9. The molecule has 39 heavy (non-hydrogen) atoms. The van der Waals surface area contributed by atoms with Gasteiger partial charge in [0, 0.05) is 43.6 Å². The number of nitrogens with zero attached hydrogens (tertiary/aromatic N) is 3. The second-order valence-electron chi connectivity index (χ2n) is 10.1. The number of alkyl carbamates (subject to hydrolysis) is 1. The zero-order valence-electron chi connectivity index (χ0n) is 22.0. The molecular formula is C27H31BrF3N5O3. The van der Waals surface area contributed by atoms with Crippen molar-refractivity contribution in [1.29, 1.82) is 5.26 Å². The van der Waals surface area contributed by atoms with E-state index in [1.54, 1.807) is 20.8 Å². The molecule has 0 aliphatic carbocycles. The van der Waals surface area contributed by atoms with Crippen molar-refractivity contribution in [1.82, 2.24) is 5.32 Å². The summed E-state index contributed by atoms with van der Waals surface area (Å²) in [5.41, 5.74) is 0.434. The molecule has 0 aromatic heterocycles. The normalized spacial score (nSPS) is 14.0. The molecule has 1 aliphatic heterocycles. The van der Waals surface area contributed by atoms with Crippen molar-refractivity contribution >= 4 is 45.0 Å². The molecule has 1 fully saturated rings. The number of carbonyl (C=O) groups excluding carboxylic acids is 2. The minimum Gasteiger partial charge on any atom is -0.444 e. The van der Waals surface area contributed by atoms with Crippen LogP contribution >= 0.6 is 15.9 Å². The molecule has 0 atom stereocenters. The lowest BCUT2D eigenvalue weighted by atomic mass is 10.1. The van der Waals surface area contributed by atoms with Crippen molar-refractivity contribution in [2.75, 3.05) is 47.8 Å². The van der Waals surface area contributed by atoms with Crippen LogP contribution in [0.4, 0.5) is 35.0 Å². The number of anilines is 3. The van der Waals surface area contributed by atoms with Crippen molar-refractivity contribution in [2.45, 2.75) is 45.4 Å². The van der Waals surface area contributed by atoms with Gasteiger partial charge in [0.1, 0.15) is 11.7 Å². The first-order valence-electron chi connectivity index (χ1n) is 12.4. The van der Waals surface area contributed by atoms with E-state index in [-0.39, 0.29) is 17.9 Å². The second-order valence-corrected chi connectivity index (χ2v) is 11.0. The Morgan fingerprint density at radius 2 is 1.64 bits per heavy atom. The van der Waals surface area contributed by atoms with Crippen molar-refractivity contribution in [3.63, 3.8) is 0 Å². The van der Waals surface area contributed by atoms with E-state index in [0.29, 0.717) is 50.5 Å². The van der Waals surface area contributed by atoms with Crippen LogP contribution in [-0.2, 0) is 15.7 Å². The molecule has 2 N–H and O–H groups in total. The SMILES string of the molecule is CC(C)(C)OC(=O)NCCCC(=O)Nc1cc(Br)ccc1N1CCN(c2ccc(C(F)(F)F)cc2C#N)CC1. The number of rotatable bonds is 7. The molecule has 0 bridgehead atoms. The third-order valence-corrected chi connectivity index (χ3v) is 6.38. The molecule has 1 heterocycles. The van der Waals surface area contributed by atoms with Crippen molar-refractivity contribution in [3.8, 4) is 6.07 Å². The van der Waals surface area contributed by atoms with Crippen LogP contribution in [0.15, 0.2) is 40.9 Å². The number of amides is 2. The predicted octanol–water partition coefficient (Wildman–Crippen LogP) is 5.91. The Morgan fingerprint density at radius 1 is 1.03 bits per heavy atom. The Morgan fingerprint density at radius 3 is 2.23 bits per heavy atom. The van der Waals surface area contributed by atoms with Crippen LogP contribution < -0.4 is 20.4 Å². The van der Waals surface area contributed by atoms with Crippen LogP contribution in [-0.4, -0.2) is 50.3 Å². The number of carbonyl (C=O) groups is 2. The Balaban J connectivity index is 1.59. The molecular weight excluding hydrogens is 579 g/mol. The van der Waals surface area contributed by atoms with Gasteiger partial charge in [-0.2, -0.15) is 18.4 Å². The number of benzene rings is 2. The highest BCUT2D eigenvalue weighted by Gasteiger charge is 2.32. The molecule has 8 nitrogen and oxygen atoms in total. The van der Waals surface area contributed by atoms with E-state index >= 15 is 0 Å². The van der Waals surface area contributed by atoms with Crippen LogP contribution in [0.25, 0.3) is 0 Å². The van der Waals surface area contributed by atoms with Gasteiger partial charge in [-0.25, -0.2) is 4.79 Å². The fraction of sp³-hybridized carbons (Fsp3) is 0.444. The van der Waals surface area contributed by atoms with Crippen LogP contribution in [0, 0.1) is 11.3 Å². The molecule has 12 heteroatoms. The maximum absolute atomic E-state index is 13.1. The summed E-state index contributed by atoms with van der Waals surface area (Å²) >= 11 is 3.44. The summed E-state index contributed by atoms with van der Waals surface area (Å²) in [5.74, 6) is -0.206. The number of hydrogen-bond acceptors (Lipinski definition) is 6. The maximum Gasteiger partial charge on any atom is 0.416 e. The van der Waals surface area contributed by atoms with Crippen LogP contribution in [0.3, 0.4) is 0 Å². The smallest absolute Gasteiger partial charge is 0.416 e. The van der Waals surface area contributed by atoms with Gasteiger partial charge in [0.2, 0.25) is 5.91 Å². The van der Waals surface area contributed by atoms with E-state index in [0.717, 1.165) is 22.3 Å². The van der Waals surface area contributed by atoms with E-state index in [2.05, 4.69) is 31.5 Å². The van der Waals surface area contributed by atoms with Gasteiger partial charge in [-0.1, -0.05) is 15.9 Å². The number of ether oxygens (including phenoxy) is 1. The largest absolute Gasteiger partial charge is 0.444 e. The van der Waals surface area contributed by atoms with Crippen LogP contribution in [0.1, 0.15) is 44.7 Å². The zero-order valence-corrected chi connectivity index (χ0v) is 23.6. The standard InChI is InChI=1S/C27H31BrF3N5O3/c1-26(2,3)39-25(38)33-10-4-5-24(37)34-21-16-20(28)7-9-23(21)36-13-11-35(12-14-36)22-8-6-19(27(29,30)31)15-18(22)17-32/h6-9,15-16H,4-5,10-14H2,1-3H3,(H,33,38)(H,34,37). The van der Waals surface area contributed by atoms with Gasteiger partial charge in [-0.05, 0) is 63.6 Å². The molecule has 210 valence electrons. The Hall–Kier alpha value is -3.46. The molecule has 1 saturated heterocycles. The van der Waals surface area contributed by atoms with E-state index in [4.69, 9.17) is 4.74 Å². The summed E-state index contributed by atoms with van der Waals surface area (Å²) in [7, 11) is 0. The predicted molar refractivity (Wildman–Crippen MR) is 147 cm³/mol. The second kappa shape index (κ2) is 12.6. The molecule has 2 aromatic carbocycles. The fourth-order valence-corrected chi connectivity index (χ4v) is 4.48. The Bertz CT molecular complexity index is 1230. The highest BCUT2D eigenvalue weighted by molar-refractivity contribution is 9.10. The first kappa shape index (κ1) is 30.1. The summed E-state index contributed by atoms with van der Waals surface area (Å²) in [4.78, 5) is 28.4. The van der Waals surface area contributed by atoms with Gasteiger partial charge >= 0.3 is 12.3 Å². The third-order valence-electron chi connectivity index (χ3n) is 5.89. The Labute approximate surface area is 234 Å². The lowest BCUT2D eigenvalue weighted by Gasteiger charge is -2.38. The van der Waals surface area contributed by atoms with Crippen molar-refractivity contribution in [2.24, 2.45) is 0 Å². The summed E-state index contributed by atoms with van der Waals surface area (Å²) in [5, 5.41) is 15.0. The number of nitriles is 1. The van der Waals surface area contributed by atoms with E-state index in [9.17, 15) is 28.0 Å². The lowest BCUT2D eigenvalue weighted by molar-refractivity contribution is -0.137. The minimum atomic E-state index is -4.51. The van der Waals surface area contributed by atoms with E-state index in [1.165, 1.54) is 6.07 Å². The summed E-state index contributed by atoms with van der Waals surface area (Å²) in [6.07, 6.45) is -4.42. The van der Waals surface area contributed by atoms with Gasteiger partial charge in [0.15, 0.2) is 0 Å². The molecule has 0 radical (unpaired) electrons. The van der Waals surface area contributed by atoms with Gasteiger partial charge in [-0.15, -0.1) is 0 Å². The van der Waals surface area contributed by atoms with Gasteiger partial charge in [0.05, 0.1) is 28.2 Å². The number of nitrogens with one attached hydrogen (secondary N) is 2. The maximum atomic E-state index is 13.1. The summed E-state index contributed by atoms with van der Waals surface area (Å²) in [6, 6.07) is 10.7. The van der Waals surface area contributed by atoms with Gasteiger partial charge in [0.25, 0.3) is 0 Å². The average Bonchev–Trinajstić information content (AvgIpc) is 2.85. The quantitative estimate of drug-likeness (QED) is 0.379. The van der Waals surface area contributed by atoms with Crippen LogP contribution in [0.5, 0.6) is 0 Å². The molecule has 2 aromatic rings. The van der Waals surface area contributed by atoms with Crippen molar-refractivity contribution in [3.05, 3.63) is 52.0 Å². The fourth-order valence-electron chi connectivity index (χ4n) is 4.12. The van der Waals surface area contributed by atoms with E-state index < -0.39 is 23.4 Å². The van der Waals surface area contributed by atoms with Crippen LogP contribution in [0.2, 0.25) is 0 Å². The lowest BCUT2D eigenvalue weighted by Crippen LogP contribution is -2.47.